The van der Waals surface area contributed by atoms with Crippen LogP contribution in [0, 0.1) is 6.92 Å². The predicted octanol–water partition coefficient (Wildman–Crippen LogP) is 4.06. The molecule has 108 valence electrons. The van der Waals surface area contributed by atoms with E-state index in [1.807, 2.05) is 13.0 Å². The van der Waals surface area contributed by atoms with Crippen LogP contribution in [0.2, 0.25) is 10.0 Å². The Balaban J connectivity index is 2.35. The molecule has 0 amide bonds. The molecule has 8 heteroatoms. The van der Waals surface area contributed by atoms with Crippen molar-refractivity contribution in [3.8, 4) is 0 Å². The molecule has 0 N–H and O–H groups in total. The molecule has 0 bridgehead atoms. The van der Waals surface area contributed by atoms with E-state index in [0.29, 0.717) is 21.6 Å². The summed E-state index contributed by atoms with van der Waals surface area (Å²) in [5, 5.41) is 5.56. The summed E-state index contributed by atoms with van der Waals surface area (Å²) in [6.07, 6.45) is 3.01. The number of aryl methyl sites for hydroxylation is 1. The van der Waals surface area contributed by atoms with Gasteiger partial charge in [-0.3, -0.25) is 0 Å². The van der Waals surface area contributed by atoms with Crippen LogP contribution >= 0.6 is 34.8 Å². The molecule has 0 fully saturated rings. The number of quaternary nitrogens is 1. The van der Waals surface area contributed by atoms with E-state index in [1.165, 1.54) is 13.4 Å². The van der Waals surface area contributed by atoms with Crippen LogP contribution in [0.4, 0.5) is 5.69 Å². The highest BCUT2D eigenvalue weighted by molar-refractivity contribution is 6.42. The van der Waals surface area contributed by atoms with Crippen molar-refractivity contribution < 1.29 is 4.74 Å². The lowest BCUT2D eigenvalue weighted by atomic mass is 10.2. The molecule has 0 saturated heterocycles. The van der Waals surface area contributed by atoms with Crippen molar-refractivity contribution in [1.29, 1.82) is 0 Å². The highest BCUT2D eigenvalue weighted by atomic mass is 35.5. The molecule has 1 atom stereocenters. The van der Waals surface area contributed by atoms with Crippen molar-refractivity contribution in [2.24, 2.45) is 15.1 Å². The number of rotatable bonds is 1. The first-order chi connectivity index (χ1) is 10.0. The number of nitrogens with zero attached hydrogens (tertiary/aromatic N) is 4. The Labute approximate surface area is 136 Å². The van der Waals surface area contributed by atoms with Gasteiger partial charge in [0.05, 0.1) is 13.2 Å². The average molecular weight is 345 g/mol. The van der Waals surface area contributed by atoms with Crippen LogP contribution in [0.3, 0.4) is 0 Å². The molecule has 5 nitrogen and oxygen atoms in total. The normalized spacial score (nSPS) is 23.4. The van der Waals surface area contributed by atoms with E-state index in [2.05, 4.69) is 15.1 Å². The highest BCUT2D eigenvalue weighted by Crippen LogP contribution is 2.44. The van der Waals surface area contributed by atoms with Gasteiger partial charge in [-0.2, -0.15) is 4.99 Å². The zero-order valence-electron chi connectivity index (χ0n) is 11.1. The minimum atomic E-state index is -0.258. The van der Waals surface area contributed by atoms with Gasteiger partial charge in [-0.1, -0.05) is 40.9 Å². The number of halogens is 3. The van der Waals surface area contributed by atoms with Crippen LogP contribution in [0.5, 0.6) is 0 Å². The van der Waals surface area contributed by atoms with Gasteiger partial charge in [-0.25, -0.2) is 0 Å². The van der Waals surface area contributed by atoms with Gasteiger partial charge in [-0.15, -0.1) is 4.99 Å². The molecule has 0 aliphatic carbocycles. The SMILES string of the molecule is COC1=NC(Cl)=CC2=NC=N[N+]21c1c(Cl)ccc(C)c1Cl. The van der Waals surface area contributed by atoms with Crippen LogP contribution in [0.15, 0.2) is 38.5 Å². The fourth-order valence-electron chi connectivity index (χ4n) is 2.27. The maximum Gasteiger partial charge on any atom is 0.439 e. The third-order valence-electron chi connectivity index (χ3n) is 3.24. The van der Waals surface area contributed by atoms with Gasteiger partial charge in [0.25, 0.3) is 5.84 Å². The number of aliphatic imine (C=N–C) groups is 2. The number of hydrogen-bond acceptors (Lipinski definition) is 4. The van der Waals surface area contributed by atoms with Gasteiger partial charge in [0, 0.05) is 0 Å². The monoisotopic (exact) mass is 343 g/mol. The van der Waals surface area contributed by atoms with Gasteiger partial charge >= 0.3 is 6.02 Å². The van der Waals surface area contributed by atoms with E-state index in [4.69, 9.17) is 39.5 Å². The Hall–Kier alpha value is -1.40. The number of ether oxygens (including phenoxy) is 1. The molecule has 2 heterocycles. The van der Waals surface area contributed by atoms with Crippen LogP contribution in [0.1, 0.15) is 5.56 Å². The lowest BCUT2D eigenvalue weighted by molar-refractivity contribution is 0.340. The number of amidine groups is 2. The van der Waals surface area contributed by atoms with Crippen LogP contribution in [0.25, 0.3) is 0 Å². The van der Waals surface area contributed by atoms with Crippen molar-refractivity contribution >= 4 is 58.7 Å². The average Bonchev–Trinajstić information content (AvgIpc) is 2.86. The summed E-state index contributed by atoms with van der Waals surface area (Å²) in [5.41, 5.74) is 1.40. The van der Waals surface area contributed by atoms with Crippen molar-refractivity contribution in [2.45, 2.75) is 6.92 Å². The van der Waals surface area contributed by atoms with E-state index >= 15 is 0 Å². The third-order valence-corrected chi connectivity index (χ3v) is 4.22. The standard InChI is InChI=1S/C13H10Cl3N4O/c1-7-3-4-8(14)12(11(7)16)20-10(17-6-18-20)5-9(15)19-13(20)21-2/h3-6H,1-2H3/q+1. The Morgan fingerprint density at radius 1 is 1.19 bits per heavy atom. The maximum absolute atomic E-state index is 6.46. The number of fused-ring (bicyclic) bond motifs is 1. The smallest absolute Gasteiger partial charge is 0.437 e. The van der Waals surface area contributed by atoms with Crippen LogP contribution < -0.4 is 4.59 Å². The summed E-state index contributed by atoms with van der Waals surface area (Å²) in [5.74, 6) is 0.515. The minimum absolute atomic E-state index is 0.226. The third kappa shape index (κ3) is 2.00. The molecule has 0 aromatic heterocycles. The van der Waals surface area contributed by atoms with Crippen molar-refractivity contribution in [3.05, 3.63) is 39.0 Å². The number of hydrogen-bond donors (Lipinski definition) is 0. The quantitative estimate of drug-likeness (QED) is 0.560. The first-order valence-electron chi connectivity index (χ1n) is 5.98. The van der Waals surface area contributed by atoms with Crippen molar-refractivity contribution in [3.63, 3.8) is 0 Å². The second-order valence-electron chi connectivity index (χ2n) is 4.45. The first-order valence-corrected chi connectivity index (χ1v) is 7.11. The molecule has 1 aromatic carbocycles. The highest BCUT2D eigenvalue weighted by Gasteiger charge is 2.53. The summed E-state index contributed by atoms with van der Waals surface area (Å²) >= 11 is 18.8. The summed E-state index contributed by atoms with van der Waals surface area (Å²) in [7, 11) is 1.48. The molecule has 0 spiro atoms. The molecule has 21 heavy (non-hydrogen) atoms. The lowest BCUT2D eigenvalue weighted by Crippen LogP contribution is -2.54. The first kappa shape index (κ1) is 14.5. The van der Waals surface area contributed by atoms with E-state index in [1.54, 1.807) is 12.1 Å². The largest absolute Gasteiger partial charge is 0.439 e. The van der Waals surface area contributed by atoms with Crippen molar-refractivity contribution in [2.75, 3.05) is 7.11 Å². The minimum Gasteiger partial charge on any atom is -0.437 e. The number of methoxy groups -OCH3 is 1. The summed E-state index contributed by atoms with van der Waals surface area (Å²) in [6, 6.07) is 3.81. The van der Waals surface area contributed by atoms with E-state index in [9.17, 15) is 0 Å². The van der Waals surface area contributed by atoms with E-state index in [0.717, 1.165) is 5.56 Å². The zero-order chi connectivity index (χ0) is 15.2. The molecular weight excluding hydrogens is 335 g/mol. The molecule has 0 saturated carbocycles. The predicted molar refractivity (Wildman–Crippen MR) is 87.3 cm³/mol. The molecule has 2 aliphatic heterocycles. The molecule has 2 aliphatic rings. The second kappa shape index (κ2) is 5.10. The molecule has 1 aromatic rings. The molecule has 3 rings (SSSR count). The van der Waals surface area contributed by atoms with Gasteiger partial charge in [0.15, 0.2) is 6.34 Å². The Morgan fingerprint density at radius 2 is 1.95 bits per heavy atom. The fraction of sp³-hybridized carbons (Fsp3) is 0.154. The number of benzene rings is 1. The summed E-state index contributed by atoms with van der Waals surface area (Å²) < 4.78 is 5.11. The summed E-state index contributed by atoms with van der Waals surface area (Å²) in [6.45, 7) is 1.88. The fourth-order valence-corrected chi connectivity index (χ4v) is 3.06. The van der Waals surface area contributed by atoms with Gasteiger partial charge in [0.2, 0.25) is 5.69 Å². The molecular formula is C13H10Cl3N4O+. The van der Waals surface area contributed by atoms with Crippen LogP contribution in [-0.4, -0.2) is 25.3 Å². The maximum atomic E-state index is 6.46. The van der Waals surface area contributed by atoms with Crippen LogP contribution in [-0.2, 0) is 4.74 Å². The van der Waals surface area contributed by atoms with Gasteiger partial charge in [-0.05, 0) is 28.2 Å². The second-order valence-corrected chi connectivity index (χ2v) is 5.62. The zero-order valence-corrected chi connectivity index (χ0v) is 13.4. The Bertz CT molecular complexity index is 754. The van der Waals surface area contributed by atoms with Gasteiger partial charge < -0.3 is 4.74 Å². The lowest BCUT2D eigenvalue weighted by Gasteiger charge is -2.29. The molecule has 1 unspecified atom stereocenters. The Kier molecular flexibility index (Phi) is 3.53. The van der Waals surface area contributed by atoms with Crippen molar-refractivity contribution in [1.82, 2.24) is 4.59 Å². The van der Waals surface area contributed by atoms with E-state index < -0.39 is 0 Å². The van der Waals surface area contributed by atoms with Gasteiger partial charge in [0.1, 0.15) is 15.2 Å². The topological polar surface area (TPSA) is 46.3 Å². The summed E-state index contributed by atoms with van der Waals surface area (Å²) in [4.78, 5) is 8.41. The Morgan fingerprint density at radius 3 is 2.67 bits per heavy atom. The van der Waals surface area contributed by atoms with E-state index in [-0.39, 0.29) is 15.8 Å². The molecule has 0 radical (unpaired) electrons.